The Balaban J connectivity index is 2.83. The van der Waals surface area contributed by atoms with Gasteiger partial charge in [-0.05, 0) is 23.4 Å². The molecule has 0 aliphatic carbocycles. The zero-order valence-electron chi connectivity index (χ0n) is 8.77. The molecule has 2 nitrogen and oxygen atoms in total. The molecule has 0 aromatic heterocycles. The van der Waals surface area contributed by atoms with Gasteiger partial charge in [0.2, 0.25) is 0 Å². The van der Waals surface area contributed by atoms with E-state index in [-0.39, 0.29) is 0 Å². The first-order valence-electron chi connectivity index (χ1n) is 4.72. The smallest absolute Gasteiger partial charge is 0.127 e. The van der Waals surface area contributed by atoms with Gasteiger partial charge in [0, 0.05) is 12.1 Å². The molecule has 1 aromatic rings. The monoisotopic (exact) mass is 243 g/mol. The average molecular weight is 244 g/mol. The van der Waals surface area contributed by atoms with Crippen molar-refractivity contribution in [1.82, 2.24) is 0 Å². The number of benzene rings is 1. The summed E-state index contributed by atoms with van der Waals surface area (Å²) in [5, 5.41) is 11.4. The zero-order chi connectivity index (χ0) is 11.3. The van der Waals surface area contributed by atoms with Gasteiger partial charge in [0.25, 0.3) is 0 Å². The van der Waals surface area contributed by atoms with E-state index >= 15 is 0 Å². The highest BCUT2D eigenvalue weighted by Gasteiger charge is 2.13. The Morgan fingerprint density at radius 1 is 1.47 bits per heavy atom. The largest absolute Gasteiger partial charge is 0.381 e. The second-order valence-corrected chi connectivity index (χ2v) is 4.67. The summed E-state index contributed by atoms with van der Waals surface area (Å²) in [7, 11) is 1.69. The van der Waals surface area contributed by atoms with E-state index in [2.05, 4.69) is 4.99 Å². The van der Waals surface area contributed by atoms with Gasteiger partial charge in [-0.2, -0.15) is 0 Å². The van der Waals surface area contributed by atoms with E-state index in [0.717, 1.165) is 16.4 Å². The Morgan fingerprint density at radius 3 is 2.53 bits per heavy atom. The lowest BCUT2D eigenvalue weighted by Crippen LogP contribution is -2.08. The van der Waals surface area contributed by atoms with Gasteiger partial charge >= 0.3 is 0 Å². The molecule has 1 atom stereocenters. The lowest BCUT2D eigenvalue weighted by Gasteiger charge is -2.12. The van der Waals surface area contributed by atoms with Crippen LogP contribution in [0, 0.1) is 0 Å². The Kier molecular flexibility index (Phi) is 5.15. The van der Waals surface area contributed by atoms with Crippen molar-refractivity contribution < 1.29 is 5.11 Å². The fraction of sp³-hybridized carbons (Fsp3) is 0.364. The summed E-state index contributed by atoms with van der Waals surface area (Å²) >= 11 is 7.32. The van der Waals surface area contributed by atoms with Crippen molar-refractivity contribution >= 4 is 28.4 Å². The number of hydrogen-bond acceptors (Lipinski definition) is 3. The van der Waals surface area contributed by atoms with Gasteiger partial charge in [-0.3, -0.25) is 4.99 Å². The van der Waals surface area contributed by atoms with Crippen LogP contribution in [0.25, 0.3) is 0 Å². The van der Waals surface area contributed by atoms with Crippen LogP contribution in [0.4, 0.5) is 0 Å². The summed E-state index contributed by atoms with van der Waals surface area (Å²) in [4.78, 5) is 4.07. The lowest BCUT2D eigenvalue weighted by molar-refractivity contribution is 0.250. The highest BCUT2D eigenvalue weighted by Crippen LogP contribution is 2.22. The van der Waals surface area contributed by atoms with E-state index in [1.54, 1.807) is 30.9 Å². The fourth-order valence-corrected chi connectivity index (χ4v) is 2.05. The first-order valence-corrected chi connectivity index (χ1v) is 6.08. The molecule has 0 heterocycles. The molecule has 0 fully saturated rings. The Morgan fingerprint density at radius 2 is 2.07 bits per heavy atom. The molecule has 1 unspecified atom stereocenters. The van der Waals surface area contributed by atoms with E-state index < -0.39 is 6.10 Å². The average Bonchev–Trinajstić information content (AvgIpc) is 2.26. The molecule has 0 saturated heterocycles. The van der Waals surface area contributed by atoms with Gasteiger partial charge < -0.3 is 5.11 Å². The van der Waals surface area contributed by atoms with Crippen LogP contribution in [0.5, 0.6) is 0 Å². The van der Waals surface area contributed by atoms with E-state index in [1.807, 2.05) is 19.1 Å². The molecule has 0 radical (unpaired) electrons. The Hall–Kier alpha value is -0.510. The van der Waals surface area contributed by atoms with Crippen LogP contribution in [-0.2, 0) is 0 Å². The molecular weight excluding hydrogens is 230 g/mol. The maximum Gasteiger partial charge on any atom is 0.127 e. The van der Waals surface area contributed by atoms with Crippen LogP contribution >= 0.6 is 23.4 Å². The summed E-state index contributed by atoms with van der Waals surface area (Å²) < 4.78 is 0. The third-order valence-electron chi connectivity index (χ3n) is 1.93. The summed E-state index contributed by atoms with van der Waals surface area (Å²) in [6, 6.07) is 7.16. The van der Waals surface area contributed by atoms with Crippen molar-refractivity contribution in [2.24, 2.45) is 4.99 Å². The van der Waals surface area contributed by atoms with Crippen LogP contribution in [0.2, 0.25) is 5.02 Å². The maximum absolute atomic E-state index is 10.0. The minimum atomic E-state index is -0.641. The summed E-state index contributed by atoms with van der Waals surface area (Å²) in [5.74, 6) is 0.900. The number of aliphatic imine (C=N–C) groups is 1. The van der Waals surface area contributed by atoms with Gasteiger partial charge in [-0.15, -0.1) is 11.8 Å². The van der Waals surface area contributed by atoms with Crippen molar-refractivity contribution in [3.63, 3.8) is 0 Å². The molecular formula is C11H14ClNOS. The fourth-order valence-electron chi connectivity index (χ4n) is 1.20. The third kappa shape index (κ3) is 3.52. The number of halogens is 1. The third-order valence-corrected chi connectivity index (χ3v) is 3.17. The topological polar surface area (TPSA) is 32.6 Å². The predicted molar refractivity (Wildman–Crippen MR) is 67.9 cm³/mol. The quantitative estimate of drug-likeness (QED) is 0.654. The van der Waals surface area contributed by atoms with Crippen LogP contribution in [0.1, 0.15) is 18.6 Å². The molecule has 4 heteroatoms. The van der Waals surface area contributed by atoms with Crippen LogP contribution < -0.4 is 0 Å². The summed E-state index contributed by atoms with van der Waals surface area (Å²) in [5.41, 5.74) is 0.820. The van der Waals surface area contributed by atoms with Gasteiger partial charge in [-0.1, -0.05) is 30.7 Å². The Labute approximate surface area is 99.4 Å². The van der Waals surface area contributed by atoms with Gasteiger partial charge in [-0.25, -0.2) is 0 Å². The molecule has 15 heavy (non-hydrogen) atoms. The molecule has 82 valence electrons. The van der Waals surface area contributed by atoms with Crippen molar-refractivity contribution in [2.75, 3.05) is 12.8 Å². The normalized spacial score (nSPS) is 14.0. The molecule has 0 saturated carbocycles. The minimum Gasteiger partial charge on any atom is -0.381 e. The second-order valence-electron chi connectivity index (χ2n) is 2.95. The second kappa shape index (κ2) is 6.16. The number of aliphatic hydroxyl groups is 1. The summed E-state index contributed by atoms with van der Waals surface area (Å²) in [6.45, 7) is 2.03. The molecule has 0 aliphatic heterocycles. The number of hydrogen-bond donors (Lipinski definition) is 1. The number of thioether (sulfide) groups is 1. The van der Waals surface area contributed by atoms with Gasteiger partial charge in [0.15, 0.2) is 0 Å². The number of nitrogens with zero attached hydrogens (tertiary/aromatic N) is 1. The number of rotatable bonds is 3. The highest BCUT2D eigenvalue weighted by molar-refractivity contribution is 8.14. The van der Waals surface area contributed by atoms with Gasteiger partial charge in [0.1, 0.15) is 11.1 Å². The highest BCUT2D eigenvalue weighted by atomic mass is 35.5. The molecule has 1 N–H and O–H groups in total. The van der Waals surface area contributed by atoms with Crippen LogP contribution in [0.3, 0.4) is 0 Å². The van der Waals surface area contributed by atoms with Crippen molar-refractivity contribution in [2.45, 2.75) is 13.0 Å². The molecule has 1 rings (SSSR count). The van der Waals surface area contributed by atoms with Crippen molar-refractivity contribution in [1.29, 1.82) is 0 Å². The Bertz CT molecular complexity index is 337. The van der Waals surface area contributed by atoms with Crippen molar-refractivity contribution in [3.05, 3.63) is 34.9 Å². The van der Waals surface area contributed by atoms with Gasteiger partial charge in [0.05, 0.1) is 0 Å². The standard InChI is InChI=1S/C11H14ClNOS/c1-3-15-11(13-2)10(14)8-4-6-9(12)7-5-8/h4-7,10,14H,3H2,1-2H3. The van der Waals surface area contributed by atoms with E-state index in [0.29, 0.717) is 5.02 Å². The first kappa shape index (κ1) is 12.6. The van der Waals surface area contributed by atoms with E-state index in [1.165, 1.54) is 0 Å². The van der Waals surface area contributed by atoms with E-state index in [4.69, 9.17) is 11.6 Å². The van der Waals surface area contributed by atoms with Crippen LogP contribution in [0.15, 0.2) is 29.3 Å². The molecule has 0 amide bonds. The SMILES string of the molecule is CCSC(=NC)C(O)c1ccc(Cl)cc1. The lowest BCUT2D eigenvalue weighted by atomic mass is 10.1. The number of aliphatic hydroxyl groups excluding tert-OH is 1. The summed E-state index contributed by atoms with van der Waals surface area (Å²) in [6.07, 6.45) is -0.641. The molecule has 0 spiro atoms. The van der Waals surface area contributed by atoms with Crippen molar-refractivity contribution in [3.8, 4) is 0 Å². The van der Waals surface area contributed by atoms with Crippen LogP contribution in [-0.4, -0.2) is 23.0 Å². The maximum atomic E-state index is 10.0. The molecule has 0 bridgehead atoms. The zero-order valence-corrected chi connectivity index (χ0v) is 10.3. The molecule has 0 aliphatic rings. The predicted octanol–water partition coefficient (Wildman–Crippen LogP) is 3.15. The molecule has 1 aromatic carbocycles. The van der Waals surface area contributed by atoms with E-state index in [9.17, 15) is 5.11 Å². The minimum absolute atomic E-state index is 0.641. The first-order chi connectivity index (χ1) is 7.19.